The highest BCUT2D eigenvalue weighted by Crippen LogP contribution is 2.41. The van der Waals surface area contributed by atoms with E-state index in [-0.39, 0.29) is 43.5 Å². The van der Waals surface area contributed by atoms with Crippen molar-refractivity contribution in [3.8, 4) is 11.3 Å². The SMILES string of the molecule is O=C(O)N1CCN(C(=O)c2ncn([C@H]3CCCC[C@]3(O)CCl)c2-c2ccccc2)[C@H](Cc2ccccc2)C1. The number of halogens is 1. The summed E-state index contributed by atoms with van der Waals surface area (Å²) in [5, 5.41) is 21.1. The third-order valence-corrected chi connectivity index (χ3v) is 8.36. The summed E-state index contributed by atoms with van der Waals surface area (Å²) in [7, 11) is 0. The van der Waals surface area contributed by atoms with Gasteiger partial charge >= 0.3 is 6.09 Å². The van der Waals surface area contributed by atoms with Gasteiger partial charge in [0, 0.05) is 25.2 Å². The fourth-order valence-corrected chi connectivity index (χ4v) is 6.20. The van der Waals surface area contributed by atoms with Crippen LogP contribution >= 0.6 is 11.6 Å². The zero-order valence-corrected chi connectivity index (χ0v) is 22.0. The molecular weight excluding hydrogens is 504 g/mol. The Balaban J connectivity index is 1.54. The van der Waals surface area contributed by atoms with Crippen molar-refractivity contribution in [3.63, 3.8) is 0 Å². The number of alkyl halides is 1. The maximum Gasteiger partial charge on any atom is 0.407 e. The molecule has 200 valence electrons. The Kier molecular flexibility index (Phi) is 7.72. The number of nitrogens with zero attached hydrogens (tertiary/aromatic N) is 4. The third-order valence-electron chi connectivity index (χ3n) is 7.90. The highest BCUT2D eigenvalue weighted by molar-refractivity contribution is 6.18. The summed E-state index contributed by atoms with van der Waals surface area (Å²) in [6, 6.07) is 18.8. The molecule has 2 aromatic carbocycles. The molecule has 2 N–H and O–H groups in total. The van der Waals surface area contributed by atoms with E-state index in [1.807, 2.05) is 65.2 Å². The number of piperazine rings is 1. The first-order valence-corrected chi connectivity index (χ1v) is 13.7. The number of amides is 2. The minimum Gasteiger partial charge on any atom is -0.465 e. The van der Waals surface area contributed by atoms with E-state index < -0.39 is 11.7 Å². The van der Waals surface area contributed by atoms with Gasteiger partial charge in [0.1, 0.15) is 0 Å². The molecule has 3 aromatic rings. The number of imidazole rings is 1. The predicted molar refractivity (Wildman–Crippen MR) is 145 cm³/mol. The van der Waals surface area contributed by atoms with Crippen molar-refractivity contribution in [1.82, 2.24) is 19.4 Å². The van der Waals surface area contributed by atoms with Crippen LogP contribution in [0.25, 0.3) is 11.3 Å². The molecule has 0 spiro atoms. The molecule has 8 nitrogen and oxygen atoms in total. The molecule has 1 saturated heterocycles. The lowest BCUT2D eigenvalue weighted by atomic mass is 9.81. The van der Waals surface area contributed by atoms with Crippen molar-refractivity contribution in [2.45, 2.75) is 49.8 Å². The summed E-state index contributed by atoms with van der Waals surface area (Å²) in [6.07, 6.45) is 4.39. The number of carbonyl (C=O) groups is 2. The molecule has 2 fully saturated rings. The van der Waals surface area contributed by atoms with Gasteiger partial charge in [0.2, 0.25) is 0 Å². The van der Waals surface area contributed by atoms with Crippen LogP contribution in [0.15, 0.2) is 67.0 Å². The van der Waals surface area contributed by atoms with Gasteiger partial charge in [-0.2, -0.15) is 0 Å². The number of benzene rings is 2. The van der Waals surface area contributed by atoms with E-state index in [0.29, 0.717) is 24.2 Å². The molecule has 2 heterocycles. The van der Waals surface area contributed by atoms with E-state index in [4.69, 9.17) is 11.6 Å². The van der Waals surface area contributed by atoms with Crippen LogP contribution in [0.4, 0.5) is 4.79 Å². The van der Waals surface area contributed by atoms with Crippen LogP contribution in [0.2, 0.25) is 0 Å². The van der Waals surface area contributed by atoms with E-state index >= 15 is 0 Å². The van der Waals surface area contributed by atoms with Crippen LogP contribution in [0.5, 0.6) is 0 Å². The lowest BCUT2D eigenvalue weighted by Crippen LogP contribution is -2.57. The number of aromatic nitrogens is 2. The minimum absolute atomic E-state index is 0.101. The van der Waals surface area contributed by atoms with Crippen molar-refractivity contribution in [3.05, 3.63) is 78.2 Å². The Morgan fingerprint density at radius 3 is 2.42 bits per heavy atom. The fraction of sp³-hybridized carbons (Fsp3) is 0.414. The molecule has 0 unspecified atom stereocenters. The molecule has 0 radical (unpaired) electrons. The highest BCUT2D eigenvalue weighted by atomic mass is 35.5. The molecule has 1 aromatic heterocycles. The Hall–Kier alpha value is -3.36. The summed E-state index contributed by atoms with van der Waals surface area (Å²) >= 11 is 6.28. The molecule has 1 aliphatic carbocycles. The maximum absolute atomic E-state index is 14.2. The standard InChI is InChI=1S/C29H33ClN4O4/c30-19-29(38)14-8-7-13-24(29)34-20-31-25(26(34)22-11-5-2-6-12-22)27(35)33-16-15-32(28(36)37)18-23(33)17-21-9-3-1-4-10-21/h1-6,9-12,20,23-24,38H,7-8,13-19H2,(H,36,37)/t23-,24+,29+/m1/s1. The molecule has 3 atom stereocenters. The number of carboxylic acid groups (broad SMARTS) is 1. The second-order valence-corrected chi connectivity index (χ2v) is 10.6. The molecule has 9 heteroatoms. The first-order valence-electron chi connectivity index (χ1n) is 13.1. The lowest BCUT2D eigenvalue weighted by molar-refractivity contribution is -0.0211. The summed E-state index contributed by atoms with van der Waals surface area (Å²) in [4.78, 5) is 33.7. The second kappa shape index (κ2) is 11.2. The van der Waals surface area contributed by atoms with Crippen molar-refractivity contribution < 1.29 is 19.8 Å². The topological polar surface area (TPSA) is 98.9 Å². The van der Waals surface area contributed by atoms with Crippen LogP contribution in [0.1, 0.15) is 47.8 Å². The monoisotopic (exact) mass is 536 g/mol. The quantitative estimate of drug-likeness (QED) is 0.446. The number of hydrogen-bond acceptors (Lipinski definition) is 4. The minimum atomic E-state index is -1.09. The number of rotatable bonds is 6. The van der Waals surface area contributed by atoms with Crippen LogP contribution in [0.3, 0.4) is 0 Å². The summed E-state index contributed by atoms with van der Waals surface area (Å²) in [6.45, 7) is 0.743. The van der Waals surface area contributed by atoms with Gasteiger partial charge in [-0.25, -0.2) is 9.78 Å². The van der Waals surface area contributed by atoms with E-state index in [0.717, 1.165) is 30.4 Å². The van der Waals surface area contributed by atoms with Crippen molar-refractivity contribution in [1.29, 1.82) is 0 Å². The van der Waals surface area contributed by atoms with Gasteiger partial charge in [0.25, 0.3) is 5.91 Å². The van der Waals surface area contributed by atoms with Gasteiger partial charge in [-0.1, -0.05) is 73.5 Å². The highest BCUT2D eigenvalue weighted by Gasteiger charge is 2.42. The fourth-order valence-electron chi connectivity index (χ4n) is 5.89. The average molecular weight is 537 g/mol. The molecule has 5 rings (SSSR count). The Labute approximate surface area is 227 Å². The van der Waals surface area contributed by atoms with Crippen molar-refractivity contribution >= 4 is 23.6 Å². The maximum atomic E-state index is 14.2. The Morgan fingerprint density at radius 2 is 1.74 bits per heavy atom. The van der Waals surface area contributed by atoms with Gasteiger partial charge in [-0.3, -0.25) is 4.79 Å². The van der Waals surface area contributed by atoms with E-state index in [1.165, 1.54) is 4.90 Å². The molecule has 1 aliphatic heterocycles. The second-order valence-electron chi connectivity index (χ2n) is 10.3. The van der Waals surface area contributed by atoms with Crippen LogP contribution in [0, 0.1) is 0 Å². The number of carbonyl (C=O) groups excluding carboxylic acids is 1. The van der Waals surface area contributed by atoms with Crippen molar-refractivity contribution in [2.24, 2.45) is 0 Å². The largest absolute Gasteiger partial charge is 0.465 e. The van der Waals surface area contributed by atoms with Gasteiger partial charge in [0.05, 0.1) is 35.6 Å². The van der Waals surface area contributed by atoms with E-state index in [1.54, 1.807) is 11.2 Å². The number of hydrogen-bond donors (Lipinski definition) is 2. The first kappa shape index (κ1) is 26.3. The van der Waals surface area contributed by atoms with E-state index in [9.17, 15) is 19.8 Å². The summed E-state index contributed by atoms with van der Waals surface area (Å²) < 4.78 is 1.93. The first-order chi connectivity index (χ1) is 18.4. The molecule has 2 aliphatic rings. The Morgan fingerprint density at radius 1 is 1.03 bits per heavy atom. The molecule has 2 amide bonds. The van der Waals surface area contributed by atoms with Crippen LogP contribution in [-0.2, 0) is 6.42 Å². The summed E-state index contributed by atoms with van der Waals surface area (Å²) in [5.41, 5.74) is 1.74. The van der Waals surface area contributed by atoms with Crippen LogP contribution < -0.4 is 0 Å². The predicted octanol–water partition coefficient (Wildman–Crippen LogP) is 4.68. The van der Waals surface area contributed by atoms with Gasteiger partial charge in [-0.05, 0) is 24.8 Å². The summed E-state index contributed by atoms with van der Waals surface area (Å²) in [5.74, 6) is -0.136. The lowest BCUT2D eigenvalue weighted by Gasteiger charge is -2.41. The van der Waals surface area contributed by atoms with Crippen LogP contribution in [-0.4, -0.2) is 78.7 Å². The van der Waals surface area contributed by atoms with Gasteiger partial charge in [-0.15, -0.1) is 11.6 Å². The molecule has 0 bridgehead atoms. The van der Waals surface area contributed by atoms with Gasteiger partial charge < -0.3 is 24.6 Å². The van der Waals surface area contributed by atoms with Gasteiger partial charge in [0.15, 0.2) is 5.69 Å². The van der Waals surface area contributed by atoms with Crippen molar-refractivity contribution in [2.75, 3.05) is 25.5 Å². The number of aliphatic hydroxyl groups is 1. The normalized spacial score (nSPS) is 23.8. The smallest absolute Gasteiger partial charge is 0.407 e. The zero-order valence-electron chi connectivity index (χ0n) is 21.2. The molecule has 38 heavy (non-hydrogen) atoms. The third kappa shape index (κ3) is 5.15. The average Bonchev–Trinajstić information content (AvgIpc) is 3.38. The Bertz CT molecular complexity index is 1270. The molecule has 1 saturated carbocycles. The molecular formula is C29H33ClN4O4. The van der Waals surface area contributed by atoms with E-state index in [2.05, 4.69) is 4.98 Å². The zero-order chi connectivity index (χ0) is 26.7.